The first kappa shape index (κ1) is 60.0. The average molecular weight is 883 g/mol. The Kier molecular flexibility index (Phi) is 43.5. The Hall–Kier alpha value is -1.02. The van der Waals surface area contributed by atoms with Crippen LogP contribution < -0.4 is 10.2 Å². The molecule has 0 heterocycles. The van der Waals surface area contributed by atoms with Gasteiger partial charge in [0.2, 0.25) is 5.91 Å². The van der Waals surface area contributed by atoms with E-state index in [1.807, 2.05) is 27.2 Å². The van der Waals surface area contributed by atoms with Gasteiger partial charge in [0.05, 0.1) is 39.9 Å². The molecule has 0 aliphatic rings. The number of amides is 1. The van der Waals surface area contributed by atoms with Crippen LogP contribution in [0.25, 0.3) is 0 Å². The molecule has 0 aromatic rings. The maximum absolute atomic E-state index is 12.9. The number of aliphatic hydroxyl groups excluding tert-OH is 1. The predicted octanol–water partition coefficient (Wildman–Crippen LogP) is 14.6. The van der Waals surface area contributed by atoms with Gasteiger partial charge in [0, 0.05) is 6.42 Å². The number of carbonyl (C=O) groups excluding carboxylic acids is 1. The quantitative estimate of drug-likeness (QED) is 0.0273. The number of allylic oxidation sites excluding steroid dienone is 3. The normalized spacial score (nSPS) is 14.3. The minimum absolute atomic E-state index is 0.00389. The number of hydrogen-bond donors (Lipinski definition) is 2. The van der Waals surface area contributed by atoms with E-state index in [0.29, 0.717) is 17.4 Å². The second kappa shape index (κ2) is 44.2. The lowest BCUT2D eigenvalue weighted by molar-refractivity contribution is -0.870. The number of aliphatic hydroxyl groups is 1. The summed E-state index contributed by atoms with van der Waals surface area (Å²) in [6.45, 7) is 4.66. The fourth-order valence-electron chi connectivity index (χ4n) is 7.76. The topological polar surface area (TPSA) is 108 Å². The summed E-state index contributed by atoms with van der Waals surface area (Å²) in [5, 5.41) is 13.8. The molecule has 0 rings (SSSR count). The molecule has 0 aromatic carbocycles. The summed E-state index contributed by atoms with van der Waals surface area (Å²) < 4.78 is 23.3. The summed E-state index contributed by atoms with van der Waals surface area (Å²) in [7, 11) is 1.25. The fourth-order valence-corrected chi connectivity index (χ4v) is 8.48. The van der Waals surface area contributed by atoms with Crippen molar-refractivity contribution >= 4 is 13.7 Å². The molecule has 3 unspecified atom stereocenters. The Bertz CT molecular complexity index is 1050. The van der Waals surface area contributed by atoms with Crippen molar-refractivity contribution in [2.45, 2.75) is 264 Å². The fraction of sp³-hybridized carbons (Fsp3) is 0.904. The van der Waals surface area contributed by atoms with E-state index in [1.54, 1.807) is 6.08 Å². The van der Waals surface area contributed by atoms with Crippen molar-refractivity contribution in [2.24, 2.45) is 0 Å². The SMILES string of the molecule is CCCCCCCCCCCCCCCCC/C=C/CC/C=C/C(O)C(COP(=O)([O-])OCC[N+](C)(C)C)NC(=O)CCCCCCCCCCCCCCCCCCCC. The van der Waals surface area contributed by atoms with Gasteiger partial charge in [-0.3, -0.25) is 9.36 Å². The van der Waals surface area contributed by atoms with Gasteiger partial charge in [0.15, 0.2) is 0 Å². The first-order valence-corrected chi connectivity index (χ1v) is 27.7. The molecule has 0 aromatic heterocycles. The Morgan fingerprint density at radius 3 is 1.33 bits per heavy atom. The van der Waals surface area contributed by atoms with Crippen molar-refractivity contribution in [3.05, 3.63) is 24.3 Å². The number of carbonyl (C=O) groups is 1. The monoisotopic (exact) mass is 883 g/mol. The molecule has 0 saturated carbocycles. The van der Waals surface area contributed by atoms with Crippen LogP contribution in [0.4, 0.5) is 0 Å². The van der Waals surface area contributed by atoms with E-state index in [4.69, 9.17) is 9.05 Å². The number of likely N-dealkylation sites (N-methyl/N-ethyl adjacent to an activating group) is 1. The molecule has 0 spiro atoms. The average Bonchev–Trinajstić information content (AvgIpc) is 3.21. The van der Waals surface area contributed by atoms with E-state index in [-0.39, 0.29) is 19.1 Å². The Labute approximate surface area is 379 Å². The first-order chi connectivity index (χ1) is 29.5. The maximum atomic E-state index is 12.9. The summed E-state index contributed by atoms with van der Waals surface area (Å²) in [5.41, 5.74) is 0. The highest BCUT2D eigenvalue weighted by Gasteiger charge is 2.23. The molecule has 0 aliphatic heterocycles. The molecule has 0 saturated heterocycles. The number of nitrogens with zero attached hydrogens (tertiary/aromatic N) is 1. The van der Waals surface area contributed by atoms with E-state index >= 15 is 0 Å². The second-order valence-electron chi connectivity index (χ2n) is 19.2. The number of phosphoric ester groups is 1. The summed E-state index contributed by atoms with van der Waals surface area (Å²) in [6, 6.07) is -0.899. The molecule has 8 nitrogen and oxygen atoms in total. The maximum Gasteiger partial charge on any atom is 0.268 e. The van der Waals surface area contributed by atoms with Crippen LogP contribution in [0.2, 0.25) is 0 Å². The third-order valence-electron chi connectivity index (χ3n) is 11.9. The third kappa shape index (κ3) is 46.8. The number of unbranched alkanes of at least 4 members (excludes halogenated alkanes) is 33. The van der Waals surface area contributed by atoms with Crippen LogP contribution in [0.15, 0.2) is 24.3 Å². The molecule has 0 radical (unpaired) electrons. The van der Waals surface area contributed by atoms with Crippen molar-refractivity contribution in [3.63, 3.8) is 0 Å². The highest BCUT2D eigenvalue weighted by molar-refractivity contribution is 7.45. The van der Waals surface area contributed by atoms with Crippen LogP contribution >= 0.6 is 7.82 Å². The van der Waals surface area contributed by atoms with Crippen molar-refractivity contribution < 1.29 is 32.9 Å². The van der Waals surface area contributed by atoms with Crippen LogP contribution in [-0.4, -0.2) is 68.5 Å². The highest BCUT2D eigenvalue weighted by atomic mass is 31.2. The van der Waals surface area contributed by atoms with Crippen molar-refractivity contribution in [1.29, 1.82) is 0 Å². The van der Waals surface area contributed by atoms with Gasteiger partial charge in [0.25, 0.3) is 7.82 Å². The lowest BCUT2D eigenvalue weighted by Gasteiger charge is -2.29. The van der Waals surface area contributed by atoms with Gasteiger partial charge >= 0.3 is 0 Å². The molecule has 0 fully saturated rings. The standard InChI is InChI=1S/C52H103N2O6P/c1-6-8-10-12-14-16-18-20-22-24-26-27-28-29-31-33-35-37-39-41-43-45-51(55)50(49-60-61(57,58)59-48-47-54(3,4)5)53-52(56)46-44-42-40-38-36-34-32-30-25-23-21-19-17-15-13-11-9-7-2/h35,37,43,45,50-51,55H,6-34,36,38-42,44,46-49H2,1-5H3,(H-,53,56,57,58)/b37-35+,45-43+. The lowest BCUT2D eigenvalue weighted by Crippen LogP contribution is -2.45. The minimum Gasteiger partial charge on any atom is -0.756 e. The van der Waals surface area contributed by atoms with Gasteiger partial charge in [0.1, 0.15) is 13.2 Å². The van der Waals surface area contributed by atoms with Crippen LogP contribution in [0.1, 0.15) is 251 Å². The molecule has 0 bridgehead atoms. The van der Waals surface area contributed by atoms with Crippen molar-refractivity contribution in [2.75, 3.05) is 40.9 Å². The van der Waals surface area contributed by atoms with Gasteiger partial charge in [-0.1, -0.05) is 237 Å². The predicted molar refractivity (Wildman–Crippen MR) is 261 cm³/mol. The van der Waals surface area contributed by atoms with E-state index in [9.17, 15) is 19.4 Å². The molecule has 0 aliphatic carbocycles. The molecule has 3 atom stereocenters. The number of quaternary nitrogens is 1. The van der Waals surface area contributed by atoms with Crippen LogP contribution in [0.3, 0.4) is 0 Å². The Morgan fingerprint density at radius 1 is 0.557 bits per heavy atom. The van der Waals surface area contributed by atoms with Gasteiger partial charge in [-0.15, -0.1) is 0 Å². The summed E-state index contributed by atoms with van der Waals surface area (Å²) in [6.07, 6.45) is 53.8. The number of rotatable bonds is 48. The summed E-state index contributed by atoms with van der Waals surface area (Å²) >= 11 is 0. The lowest BCUT2D eigenvalue weighted by atomic mass is 10.0. The van der Waals surface area contributed by atoms with E-state index in [0.717, 1.165) is 38.5 Å². The minimum atomic E-state index is -4.60. The largest absolute Gasteiger partial charge is 0.756 e. The zero-order valence-electron chi connectivity index (χ0n) is 41.1. The van der Waals surface area contributed by atoms with Crippen LogP contribution in [0, 0.1) is 0 Å². The van der Waals surface area contributed by atoms with Crippen LogP contribution in [-0.2, 0) is 18.4 Å². The smallest absolute Gasteiger partial charge is 0.268 e. The number of hydrogen-bond acceptors (Lipinski definition) is 6. The van der Waals surface area contributed by atoms with Crippen molar-refractivity contribution in [1.82, 2.24) is 5.32 Å². The zero-order chi connectivity index (χ0) is 45.0. The van der Waals surface area contributed by atoms with Gasteiger partial charge in [-0.2, -0.15) is 0 Å². The van der Waals surface area contributed by atoms with E-state index in [1.165, 1.54) is 193 Å². The Morgan fingerprint density at radius 2 is 0.918 bits per heavy atom. The summed E-state index contributed by atoms with van der Waals surface area (Å²) in [4.78, 5) is 25.4. The van der Waals surface area contributed by atoms with E-state index in [2.05, 4.69) is 31.3 Å². The van der Waals surface area contributed by atoms with Gasteiger partial charge in [-0.05, 0) is 32.1 Å². The van der Waals surface area contributed by atoms with Crippen molar-refractivity contribution in [3.8, 4) is 0 Å². The molecule has 2 N–H and O–H groups in total. The molecular formula is C52H103N2O6P. The highest BCUT2D eigenvalue weighted by Crippen LogP contribution is 2.38. The van der Waals surface area contributed by atoms with E-state index < -0.39 is 20.0 Å². The molecule has 1 amide bonds. The Balaban J connectivity index is 4.32. The van der Waals surface area contributed by atoms with Gasteiger partial charge in [-0.25, -0.2) is 0 Å². The zero-order valence-corrected chi connectivity index (χ0v) is 42.0. The number of nitrogens with one attached hydrogen (secondary N) is 1. The molecular weight excluding hydrogens is 780 g/mol. The van der Waals surface area contributed by atoms with Crippen LogP contribution in [0.5, 0.6) is 0 Å². The third-order valence-corrected chi connectivity index (χ3v) is 12.9. The molecule has 9 heteroatoms. The van der Waals surface area contributed by atoms with Gasteiger partial charge < -0.3 is 28.8 Å². The molecule has 61 heavy (non-hydrogen) atoms. The summed E-state index contributed by atoms with van der Waals surface area (Å²) in [5.74, 6) is -0.203. The molecule has 362 valence electrons. The first-order valence-electron chi connectivity index (χ1n) is 26.2. The second-order valence-corrected chi connectivity index (χ2v) is 20.6. The number of phosphoric acid groups is 1.